The van der Waals surface area contributed by atoms with Crippen LogP contribution >= 0.6 is 0 Å². The lowest BCUT2D eigenvalue weighted by molar-refractivity contribution is 0.480. The maximum absolute atomic E-state index is 11.6. The Bertz CT molecular complexity index is 717. The zero-order chi connectivity index (χ0) is 18.5. The Kier molecular flexibility index (Phi) is 7.17. The molecule has 0 aliphatic heterocycles. The summed E-state index contributed by atoms with van der Waals surface area (Å²) in [5.41, 5.74) is 2.97. The summed E-state index contributed by atoms with van der Waals surface area (Å²) in [6, 6.07) is 3.36. The van der Waals surface area contributed by atoms with E-state index in [4.69, 9.17) is 0 Å². The van der Waals surface area contributed by atoms with Crippen molar-refractivity contribution in [2.45, 2.75) is 64.2 Å². The summed E-state index contributed by atoms with van der Waals surface area (Å²) in [6.45, 7) is 12.2. The molecule has 134 valence electrons. The molecule has 6 heteroatoms. The number of nitrogens with one attached hydrogen (secondary N) is 1. The van der Waals surface area contributed by atoms with E-state index in [0.29, 0.717) is 5.92 Å². The molecule has 0 bridgehead atoms. The summed E-state index contributed by atoms with van der Waals surface area (Å²) < 4.78 is 32.6. The van der Waals surface area contributed by atoms with Crippen LogP contribution in [0.25, 0.3) is 0 Å². The largest absolute Gasteiger partial charge is 0.351 e. The van der Waals surface area contributed by atoms with Gasteiger partial charge in [0.2, 0.25) is 0 Å². The highest BCUT2D eigenvalue weighted by molar-refractivity contribution is 7.85. The lowest BCUT2D eigenvalue weighted by Crippen LogP contribution is -2.12. The summed E-state index contributed by atoms with van der Waals surface area (Å²) in [6.07, 6.45) is 5.08. The van der Waals surface area contributed by atoms with Gasteiger partial charge in [-0.3, -0.25) is 4.55 Å². The van der Waals surface area contributed by atoms with Crippen molar-refractivity contribution >= 4 is 10.1 Å². The van der Waals surface area contributed by atoms with E-state index >= 15 is 0 Å². The first-order valence-electron chi connectivity index (χ1n) is 8.14. The summed E-state index contributed by atoms with van der Waals surface area (Å²) in [7, 11) is -4.18. The quantitative estimate of drug-likeness (QED) is 0.780. The van der Waals surface area contributed by atoms with Crippen LogP contribution in [0.2, 0.25) is 0 Å². The Hall–Kier alpha value is -1.66. The first-order chi connectivity index (χ1) is 11.1. The Morgan fingerprint density at radius 2 is 1.54 bits per heavy atom. The highest BCUT2D eigenvalue weighted by Gasteiger charge is 2.25. The molecule has 0 saturated carbocycles. The fourth-order valence-electron chi connectivity index (χ4n) is 2.82. The lowest BCUT2D eigenvalue weighted by Gasteiger charge is -2.24. The fourth-order valence-corrected chi connectivity index (χ4v) is 3.68. The first-order valence-corrected chi connectivity index (χ1v) is 9.58. The molecule has 24 heavy (non-hydrogen) atoms. The zero-order valence-corrected chi connectivity index (χ0v) is 16.1. The van der Waals surface area contributed by atoms with Crippen LogP contribution in [0, 0.1) is 0 Å². The number of rotatable bonds is 4. The van der Waals surface area contributed by atoms with Gasteiger partial charge in [-0.1, -0.05) is 47.6 Å². The van der Waals surface area contributed by atoms with Crippen molar-refractivity contribution in [3.8, 4) is 0 Å². The molecule has 1 heterocycles. The summed E-state index contributed by atoms with van der Waals surface area (Å²) in [5.74, 6) is 0.592. The summed E-state index contributed by atoms with van der Waals surface area (Å²) >= 11 is 0. The molecule has 0 unspecified atom stereocenters. The van der Waals surface area contributed by atoms with Gasteiger partial charge < -0.3 is 4.98 Å². The molecular formula is C18H28N2O3S. The molecule has 0 amide bonds. The van der Waals surface area contributed by atoms with Gasteiger partial charge in [-0.05, 0) is 40.5 Å². The molecule has 2 N–H and O–H groups in total. The van der Waals surface area contributed by atoms with Crippen molar-refractivity contribution in [1.29, 1.82) is 0 Å². The predicted octanol–water partition coefficient (Wildman–Crippen LogP) is 4.71. The fraction of sp³-hybridized carbons (Fsp3) is 0.500. The van der Waals surface area contributed by atoms with Crippen molar-refractivity contribution in [1.82, 2.24) is 9.97 Å². The monoisotopic (exact) mass is 352 g/mol. The van der Waals surface area contributed by atoms with E-state index in [1.807, 2.05) is 19.9 Å². The Morgan fingerprint density at radius 1 is 0.958 bits per heavy atom. The van der Waals surface area contributed by atoms with Crippen molar-refractivity contribution in [2.24, 2.45) is 0 Å². The highest BCUT2D eigenvalue weighted by Crippen LogP contribution is 2.37. The van der Waals surface area contributed by atoms with E-state index in [9.17, 15) is 13.0 Å². The second-order valence-electron chi connectivity index (χ2n) is 6.68. The van der Waals surface area contributed by atoms with Crippen LogP contribution in [0.15, 0.2) is 35.7 Å². The molecule has 0 radical (unpaired) electrons. The molecule has 2 aromatic rings. The third-order valence-electron chi connectivity index (χ3n) is 3.74. The molecule has 0 spiro atoms. The van der Waals surface area contributed by atoms with Crippen LogP contribution in [0.1, 0.15) is 76.0 Å². The van der Waals surface area contributed by atoms with Crippen LogP contribution in [0.5, 0.6) is 0 Å². The molecular weight excluding hydrogens is 324 g/mol. The number of benzene rings is 1. The molecule has 5 nitrogen and oxygen atoms in total. The standard InChI is InChI=1S/C15H24O3S.C3H4N2/c1-9(2)12-7-8-13(19(16,17)18)15(11(5)6)14(12)10(3)4;1-2-5-3-4-1/h7-11H,1-6H3,(H,16,17,18);1-3H,(H,4,5). The predicted molar refractivity (Wildman–Crippen MR) is 97.1 cm³/mol. The number of H-pyrrole nitrogens is 1. The Balaban J connectivity index is 0.000000488. The smallest absolute Gasteiger partial charge is 0.294 e. The van der Waals surface area contributed by atoms with E-state index < -0.39 is 10.1 Å². The topological polar surface area (TPSA) is 83.0 Å². The minimum atomic E-state index is -4.18. The average Bonchev–Trinajstić information content (AvgIpc) is 3.03. The summed E-state index contributed by atoms with van der Waals surface area (Å²) in [5, 5.41) is 0. The van der Waals surface area contributed by atoms with Gasteiger partial charge in [-0.2, -0.15) is 8.42 Å². The normalized spacial score (nSPS) is 11.8. The van der Waals surface area contributed by atoms with E-state index in [1.165, 1.54) is 6.07 Å². The van der Waals surface area contributed by atoms with Gasteiger partial charge in [0.1, 0.15) is 0 Å². The van der Waals surface area contributed by atoms with E-state index in [2.05, 4.69) is 37.7 Å². The van der Waals surface area contributed by atoms with Gasteiger partial charge in [-0.15, -0.1) is 0 Å². The minimum absolute atomic E-state index is 0.0491. The van der Waals surface area contributed by atoms with Gasteiger partial charge in [-0.25, -0.2) is 4.98 Å². The Labute approximate surface area is 145 Å². The third kappa shape index (κ3) is 5.18. The second kappa shape index (κ2) is 8.44. The number of aromatic amines is 1. The van der Waals surface area contributed by atoms with Crippen molar-refractivity contribution in [2.75, 3.05) is 0 Å². The molecule has 0 saturated heterocycles. The third-order valence-corrected chi connectivity index (χ3v) is 4.65. The van der Waals surface area contributed by atoms with Gasteiger partial charge in [0.25, 0.3) is 10.1 Å². The maximum atomic E-state index is 11.6. The van der Waals surface area contributed by atoms with Crippen LogP contribution in [0.3, 0.4) is 0 Å². The van der Waals surface area contributed by atoms with Crippen LogP contribution in [-0.4, -0.2) is 22.9 Å². The minimum Gasteiger partial charge on any atom is -0.351 e. The molecule has 0 aliphatic carbocycles. The van der Waals surface area contributed by atoms with E-state index in [1.54, 1.807) is 18.7 Å². The molecule has 1 aromatic carbocycles. The average molecular weight is 352 g/mol. The molecule has 0 aliphatic rings. The van der Waals surface area contributed by atoms with Crippen molar-refractivity contribution in [3.63, 3.8) is 0 Å². The SMILES string of the molecule is CC(C)c1ccc(S(=O)(=O)O)c(C(C)C)c1C(C)C.c1c[nH]cn1. The molecule has 0 fully saturated rings. The second-order valence-corrected chi connectivity index (χ2v) is 8.07. The number of hydrogen-bond donors (Lipinski definition) is 2. The van der Waals surface area contributed by atoms with Crippen molar-refractivity contribution in [3.05, 3.63) is 47.5 Å². The lowest BCUT2D eigenvalue weighted by atomic mass is 9.83. The van der Waals surface area contributed by atoms with Gasteiger partial charge >= 0.3 is 0 Å². The zero-order valence-electron chi connectivity index (χ0n) is 15.2. The van der Waals surface area contributed by atoms with E-state index in [0.717, 1.165) is 16.7 Å². The maximum Gasteiger partial charge on any atom is 0.294 e. The van der Waals surface area contributed by atoms with Gasteiger partial charge in [0, 0.05) is 12.4 Å². The number of aromatic nitrogens is 2. The van der Waals surface area contributed by atoms with Gasteiger partial charge in [0.05, 0.1) is 11.2 Å². The van der Waals surface area contributed by atoms with E-state index in [-0.39, 0.29) is 16.7 Å². The highest BCUT2D eigenvalue weighted by atomic mass is 32.2. The first kappa shape index (κ1) is 20.4. The molecule has 2 rings (SSSR count). The number of imidazole rings is 1. The Morgan fingerprint density at radius 3 is 1.83 bits per heavy atom. The van der Waals surface area contributed by atoms with Gasteiger partial charge in [0.15, 0.2) is 0 Å². The number of nitrogens with zero attached hydrogens (tertiary/aromatic N) is 1. The summed E-state index contributed by atoms with van der Waals surface area (Å²) in [4.78, 5) is 6.47. The van der Waals surface area contributed by atoms with Crippen LogP contribution in [-0.2, 0) is 10.1 Å². The number of hydrogen-bond acceptors (Lipinski definition) is 3. The van der Waals surface area contributed by atoms with Crippen molar-refractivity contribution < 1.29 is 13.0 Å². The molecule has 0 atom stereocenters. The molecule has 1 aromatic heterocycles. The van der Waals surface area contributed by atoms with Crippen LogP contribution < -0.4 is 0 Å². The van der Waals surface area contributed by atoms with Crippen LogP contribution in [0.4, 0.5) is 0 Å².